The third-order valence-corrected chi connectivity index (χ3v) is 4.73. The molecule has 0 bridgehead atoms. The van der Waals surface area contributed by atoms with Gasteiger partial charge in [-0.05, 0) is 42.2 Å². The average Bonchev–Trinajstić information content (AvgIpc) is 2.74. The molecule has 0 amide bonds. The van der Waals surface area contributed by atoms with E-state index in [1.807, 2.05) is 18.2 Å². The monoisotopic (exact) mass is 374 g/mol. The highest BCUT2D eigenvalue weighted by Crippen LogP contribution is 2.21. The minimum absolute atomic E-state index is 0.208. The molecule has 2 N–H and O–H groups in total. The van der Waals surface area contributed by atoms with Crippen molar-refractivity contribution in [1.29, 1.82) is 0 Å². The van der Waals surface area contributed by atoms with Crippen LogP contribution in [0, 0.1) is 0 Å². The average molecular weight is 374 g/mol. The molecular weight excluding hydrogens is 348 g/mol. The predicted molar refractivity (Wildman–Crippen MR) is 114 cm³/mol. The lowest BCUT2D eigenvalue weighted by molar-refractivity contribution is 0.103. The summed E-state index contributed by atoms with van der Waals surface area (Å²) in [7, 11) is 0. The van der Waals surface area contributed by atoms with Gasteiger partial charge in [-0.15, -0.1) is 0 Å². The molecule has 144 valence electrons. The lowest BCUT2D eigenvalue weighted by Gasteiger charge is -2.27. The summed E-state index contributed by atoms with van der Waals surface area (Å²) in [5, 5.41) is 0. The fraction of sp³-hybridized carbons (Fsp3) is 0.261. The number of hydrogen-bond acceptors (Lipinski definition) is 5. The van der Waals surface area contributed by atoms with Crippen molar-refractivity contribution >= 4 is 17.4 Å². The van der Waals surface area contributed by atoms with Crippen LogP contribution in [0.25, 0.3) is 0 Å². The molecule has 0 aliphatic heterocycles. The summed E-state index contributed by atoms with van der Waals surface area (Å²) >= 11 is 0. The summed E-state index contributed by atoms with van der Waals surface area (Å²) in [6, 6.07) is 19.4. The largest absolute Gasteiger partial charge is 0.383 e. The third-order valence-electron chi connectivity index (χ3n) is 4.73. The number of nitrogens with two attached hydrogens (primary N) is 1. The Balaban J connectivity index is 1.85. The number of anilines is 2. The van der Waals surface area contributed by atoms with Crippen LogP contribution >= 0.6 is 0 Å². The van der Waals surface area contributed by atoms with Crippen molar-refractivity contribution in [2.75, 3.05) is 23.7 Å². The maximum Gasteiger partial charge on any atom is 0.215 e. The molecule has 3 rings (SSSR count). The van der Waals surface area contributed by atoms with Gasteiger partial charge in [0.05, 0.1) is 5.56 Å². The molecule has 0 radical (unpaired) electrons. The van der Waals surface area contributed by atoms with Gasteiger partial charge >= 0.3 is 0 Å². The van der Waals surface area contributed by atoms with Crippen molar-refractivity contribution in [2.45, 2.75) is 26.2 Å². The highest BCUT2D eigenvalue weighted by Gasteiger charge is 2.18. The Morgan fingerprint density at radius 3 is 2.57 bits per heavy atom. The molecule has 0 fully saturated rings. The number of carbonyl (C=O) groups is 1. The van der Waals surface area contributed by atoms with Gasteiger partial charge in [0.25, 0.3) is 0 Å². The number of carbonyl (C=O) groups excluding carboxylic acids is 1. The second-order valence-electron chi connectivity index (χ2n) is 6.90. The molecule has 0 aliphatic rings. The number of ketones is 1. The number of nitrogen functional groups attached to an aromatic ring is 1. The molecule has 2 heterocycles. The van der Waals surface area contributed by atoms with E-state index >= 15 is 0 Å². The van der Waals surface area contributed by atoms with E-state index in [0.29, 0.717) is 17.2 Å². The normalized spacial score (nSPS) is 11.8. The molecule has 0 aliphatic carbocycles. The molecule has 3 aromatic rings. The molecule has 2 aromatic heterocycles. The molecule has 0 spiro atoms. The quantitative estimate of drug-likeness (QED) is 0.595. The number of nitrogens with zero attached hydrogens (tertiary/aromatic N) is 3. The zero-order valence-electron chi connectivity index (χ0n) is 16.4. The van der Waals surface area contributed by atoms with Crippen LogP contribution < -0.4 is 10.6 Å². The van der Waals surface area contributed by atoms with E-state index in [4.69, 9.17) is 5.73 Å². The smallest absolute Gasteiger partial charge is 0.215 e. The van der Waals surface area contributed by atoms with Crippen molar-refractivity contribution in [2.24, 2.45) is 0 Å². The van der Waals surface area contributed by atoms with Crippen LogP contribution in [0.15, 0.2) is 66.9 Å². The van der Waals surface area contributed by atoms with E-state index in [2.05, 4.69) is 53.0 Å². The molecular formula is C23H26N4O. The molecule has 0 unspecified atom stereocenters. The van der Waals surface area contributed by atoms with Gasteiger partial charge in [-0.25, -0.2) is 9.97 Å². The van der Waals surface area contributed by atoms with Gasteiger partial charge < -0.3 is 10.6 Å². The Morgan fingerprint density at radius 2 is 1.86 bits per heavy atom. The van der Waals surface area contributed by atoms with Gasteiger partial charge in [0.15, 0.2) is 0 Å². The number of pyridine rings is 2. The van der Waals surface area contributed by atoms with Crippen molar-refractivity contribution in [3.05, 3.63) is 83.7 Å². The van der Waals surface area contributed by atoms with Gasteiger partial charge in [0.1, 0.15) is 17.3 Å². The van der Waals surface area contributed by atoms with Crippen LogP contribution in [-0.4, -0.2) is 28.8 Å². The first-order chi connectivity index (χ1) is 13.6. The summed E-state index contributed by atoms with van der Waals surface area (Å²) in [4.78, 5) is 23.7. The lowest BCUT2D eigenvalue weighted by Crippen LogP contribution is -2.29. The van der Waals surface area contributed by atoms with Gasteiger partial charge in [0, 0.05) is 19.3 Å². The zero-order chi connectivity index (χ0) is 19.9. The van der Waals surface area contributed by atoms with E-state index in [0.717, 1.165) is 25.3 Å². The van der Waals surface area contributed by atoms with Gasteiger partial charge in [-0.1, -0.05) is 50.2 Å². The lowest BCUT2D eigenvalue weighted by atomic mass is 10.0. The highest BCUT2D eigenvalue weighted by molar-refractivity contribution is 6.10. The number of hydrogen-bond donors (Lipinski definition) is 1. The molecule has 5 heteroatoms. The fourth-order valence-corrected chi connectivity index (χ4v) is 3.26. The van der Waals surface area contributed by atoms with Gasteiger partial charge in [-0.3, -0.25) is 4.79 Å². The highest BCUT2D eigenvalue weighted by atomic mass is 16.1. The van der Waals surface area contributed by atoms with Crippen LogP contribution in [-0.2, 0) is 0 Å². The topological polar surface area (TPSA) is 72.1 Å². The summed E-state index contributed by atoms with van der Waals surface area (Å²) in [5.74, 6) is 1.17. The van der Waals surface area contributed by atoms with E-state index in [1.54, 1.807) is 24.4 Å². The van der Waals surface area contributed by atoms with Crippen LogP contribution in [0.5, 0.6) is 0 Å². The van der Waals surface area contributed by atoms with Gasteiger partial charge in [-0.2, -0.15) is 0 Å². The molecule has 0 saturated heterocycles. The second kappa shape index (κ2) is 9.13. The maximum absolute atomic E-state index is 12.8. The third kappa shape index (κ3) is 4.55. The Morgan fingerprint density at radius 1 is 1.07 bits per heavy atom. The molecule has 5 nitrogen and oxygen atoms in total. The van der Waals surface area contributed by atoms with Crippen LogP contribution in [0.2, 0.25) is 0 Å². The Labute approximate surface area is 166 Å². The Hall–Kier alpha value is -3.21. The number of aromatic nitrogens is 2. The van der Waals surface area contributed by atoms with Crippen molar-refractivity contribution in [3.8, 4) is 0 Å². The fourth-order valence-electron chi connectivity index (χ4n) is 3.26. The summed E-state index contributed by atoms with van der Waals surface area (Å²) < 4.78 is 0. The van der Waals surface area contributed by atoms with E-state index in [9.17, 15) is 4.79 Å². The Kier molecular flexibility index (Phi) is 6.37. The predicted octanol–water partition coefficient (Wildman–Crippen LogP) is 4.31. The minimum atomic E-state index is -0.208. The van der Waals surface area contributed by atoms with Crippen molar-refractivity contribution < 1.29 is 4.79 Å². The van der Waals surface area contributed by atoms with Crippen LogP contribution in [0.4, 0.5) is 11.6 Å². The van der Waals surface area contributed by atoms with Crippen LogP contribution in [0.3, 0.4) is 0 Å². The first kappa shape index (κ1) is 19.5. The molecule has 1 aromatic carbocycles. The first-order valence-corrected chi connectivity index (χ1v) is 9.62. The molecule has 28 heavy (non-hydrogen) atoms. The first-order valence-electron chi connectivity index (χ1n) is 9.62. The minimum Gasteiger partial charge on any atom is -0.383 e. The SMILES string of the molecule is CCCN(C[C@@H](C)c1ccccc1)c1cccc(C(=O)c2cccnc2N)n1. The van der Waals surface area contributed by atoms with Gasteiger partial charge in [0.2, 0.25) is 5.78 Å². The summed E-state index contributed by atoms with van der Waals surface area (Å²) in [6.07, 6.45) is 2.57. The number of rotatable bonds is 8. The Bertz CT molecular complexity index is 927. The molecule has 1 atom stereocenters. The van der Waals surface area contributed by atoms with Crippen LogP contribution in [0.1, 0.15) is 47.8 Å². The summed E-state index contributed by atoms with van der Waals surface area (Å²) in [6.45, 7) is 6.06. The van der Waals surface area contributed by atoms with E-state index in [1.165, 1.54) is 5.56 Å². The molecule has 0 saturated carbocycles. The van der Waals surface area contributed by atoms with Crippen molar-refractivity contribution in [1.82, 2.24) is 9.97 Å². The maximum atomic E-state index is 12.8. The summed E-state index contributed by atoms with van der Waals surface area (Å²) in [5.41, 5.74) is 7.92. The van der Waals surface area contributed by atoms with Crippen molar-refractivity contribution in [3.63, 3.8) is 0 Å². The van der Waals surface area contributed by atoms with E-state index < -0.39 is 0 Å². The van der Waals surface area contributed by atoms with E-state index in [-0.39, 0.29) is 11.6 Å². The standard InChI is InChI=1S/C23H26N4O/c1-3-15-27(16-17(2)18-9-5-4-6-10-18)21-13-7-12-20(26-21)22(28)19-11-8-14-25-23(19)24/h4-14,17H,3,15-16H2,1-2H3,(H2,24,25)/t17-/m1/s1. The number of benzene rings is 1. The zero-order valence-corrected chi connectivity index (χ0v) is 16.4. The second-order valence-corrected chi connectivity index (χ2v) is 6.90.